The molecule has 0 saturated heterocycles. The summed E-state index contributed by atoms with van der Waals surface area (Å²) in [6.07, 6.45) is 1.48. The summed E-state index contributed by atoms with van der Waals surface area (Å²) in [5.41, 5.74) is 3.12. The average molecular weight is 344 g/mol. The quantitative estimate of drug-likeness (QED) is 0.843. The average Bonchev–Trinajstić information content (AvgIpc) is 3.01. The predicted molar refractivity (Wildman–Crippen MR) is 96.6 cm³/mol. The summed E-state index contributed by atoms with van der Waals surface area (Å²) >= 11 is 0. The summed E-state index contributed by atoms with van der Waals surface area (Å²) in [7, 11) is 1.69. The zero-order valence-electron chi connectivity index (χ0n) is 15.0. The van der Waals surface area contributed by atoms with Gasteiger partial charge in [0.25, 0.3) is 0 Å². The number of urea groups is 1. The number of anilines is 2. The van der Waals surface area contributed by atoms with E-state index in [1.165, 1.54) is 11.8 Å². The third-order valence-corrected chi connectivity index (χ3v) is 4.00. The largest absolute Gasteiger partial charge is 0.361 e. The first-order chi connectivity index (χ1) is 12.0. The molecule has 0 bridgehead atoms. The molecule has 0 radical (unpaired) electrons. The third-order valence-electron chi connectivity index (χ3n) is 4.00. The second-order valence-corrected chi connectivity index (χ2v) is 5.67. The van der Waals surface area contributed by atoms with E-state index >= 15 is 0 Å². The molecule has 1 heterocycles. The molecule has 0 aliphatic heterocycles. The van der Waals surface area contributed by atoms with Crippen LogP contribution in [0.25, 0.3) is 0 Å². The van der Waals surface area contributed by atoms with Crippen molar-refractivity contribution >= 4 is 23.3 Å². The second kappa shape index (κ2) is 8.32. The second-order valence-electron chi connectivity index (χ2n) is 5.67. The predicted octanol–water partition coefficient (Wildman–Crippen LogP) is 3.10. The monoisotopic (exact) mass is 344 g/mol. The lowest BCUT2D eigenvalue weighted by atomic mass is 10.1. The van der Waals surface area contributed by atoms with Gasteiger partial charge in [0, 0.05) is 43.9 Å². The van der Waals surface area contributed by atoms with Gasteiger partial charge in [0.05, 0.1) is 5.69 Å². The number of aryl methyl sites for hydroxylation is 2. The molecular weight excluding hydrogens is 320 g/mol. The number of hydrogen-bond acceptors (Lipinski definition) is 4. The molecular formula is C18H24N4O3. The molecule has 7 nitrogen and oxygen atoms in total. The van der Waals surface area contributed by atoms with Crippen LogP contribution in [0.5, 0.6) is 0 Å². The number of rotatable bonds is 6. The standard InChI is InChI=1S/C18H24N4O3/c1-5-16-15(17(6-2)25-21-16)11-19-18(24)20-13-8-7-9-14(10-13)22(4)12(3)23/h7-10H,5-6,11H2,1-4H3,(H2,19,20,24). The number of hydrogen-bond donors (Lipinski definition) is 2. The fourth-order valence-corrected chi connectivity index (χ4v) is 2.46. The van der Waals surface area contributed by atoms with Crippen LogP contribution in [0.1, 0.15) is 37.8 Å². The highest BCUT2D eigenvalue weighted by Crippen LogP contribution is 2.19. The Morgan fingerprint density at radius 3 is 2.64 bits per heavy atom. The van der Waals surface area contributed by atoms with Crippen molar-refractivity contribution in [3.05, 3.63) is 41.3 Å². The van der Waals surface area contributed by atoms with Gasteiger partial charge in [0.15, 0.2) is 0 Å². The first kappa shape index (κ1) is 18.5. The molecule has 0 fully saturated rings. The van der Waals surface area contributed by atoms with E-state index in [4.69, 9.17) is 4.52 Å². The van der Waals surface area contributed by atoms with E-state index in [-0.39, 0.29) is 11.9 Å². The molecule has 0 unspecified atom stereocenters. The molecule has 2 aromatic rings. The Morgan fingerprint density at radius 2 is 2.00 bits per heavy atom. The number of carbonyl (C=O) groups excluding carboxylic acids is 2. The Morgan fingerprint density at radius 1 is 1.24 bits per heavy atom. The van der Waals surface area contributed by atoms with Crippen molar-refractivity contribution in [2.45, 2.75) is 40.2 Å². The molecule has 0 saturated carbocycles. The molecule has 0 aliphatic rings. The highest BCUT2D eigenvalue weighted by atomic mass is 16.5. The Kier molecular flexibility index (Phi) is 6.16. The zero-order valence-corrected chi connectivity index (χ0v) is 15.0. The number of aromatic nitrogens is 1. The minimum atomic E-state index is -0.326. The molecule has 1 aromatic heterocycles. The molecule has 0 atom stereocenters. The summed E-state index contributed by atoms with van der Waals surface area (Å²) in [6, 6.07) is 6.78. The lowest BCUT2D eigenvalue weighted by molar-refractivity contribution is -0.116. The fraction of sp³-hybridized carbons (Fsp3) is 0.389. The van der Waals surface area contributed by atoms with Crippen LogP contribution in [0.4, 0.5) is 16.2 Å². The zero-order chi connectivity index (χ0) is 18.4. The summed E-state index contributed by atoms with van der Waals surface area (Å²) in [4.78, 5) is 25.1. The van der Waals surface area contributed by atoms with Crippen LogP contribution in [0.2, 0.25) is 0 Å². The van der Waals surface area contributed by atoms with Crippen LogP contribution in [-0.4, -0.2) is 24.1 Å². The van der Waals surface area contributed by atoms with Crippen molar-refractivity contribution in [2.24, 2.45) is 0 Å². The van der Waals surface area contributed by atoms with Crippen LogP contribution in [-0.2, 0) is 24.2 Å². The fourth-order valence-electron chi connectivity index (χ4n) is 2.46. The van der Waals surface area contributed by atoms with Gasteiger partial charge in [0.2, 0.25) is 5.91 Å². The normalized spacial score (nSPS) is 10.4. The highest BCUT2D eigenvalue weighted by Gasteiger charge is 2.14. The molecule has 1 aromatic carbocycles. The van der Waals surface area contributed by atoms with Gasteiger partial charge in [-0.15, -0.1) is 0 Å². The van der Waals surface area contributed by atoms with Gasteiger partial charge >= 0.3 is 6.03 Å². The summed E-state index contributed by atoms with van der Waals surface area (Å²) in [6.45, 7) is 5.83. The molecule has 7 heteroatoms. The third kappa shape index (κ3) is 4.59. The van der Waals surface area contributed by atoms with Crippen molar-refractivity contribution in [2.75, 3.05) is 17.3 Å². The molecule has 0 spiro atoms. The van der Waals surface area contributed by atoms with Crippen molar-refractivity contribution in [1.82, 2.24) is 10.5 Å². The molecule has 2 N–H and O–H groups in total. The van der Waals surface area contributed by atoms with Gasteiger partial charge < -0.3 is 20.1 Å². The first-order valence-corrected chi connectivity index (χ1v) is 8.31. The Hall–Kier alpha value is -2.83. The van der Waals surface area contributed by atoms with Crippen molar-refractivity contribution in [3.63, 3.8) is 0 Å². The maximum absolute atomic E-state index is 12.2. The van der Waals surface area contributed by atoms with Crippen LogP contribution < -0.4 is 15.5 Å². The van der Waals surface area contributed by atoms with E-state index in [9.17, 15) is 9.59 Å². The SMILES string of the molecule is CCc1noc(CC)c1CNC(=O)Nc1cccc(N(C)C(C)=O)c1. The van der Waals surface area contributed by atoms with E-state index in [0.717, 1.165) is 29.9 Å². The van der Waals surface area contributed by atoms with Crippen molar-refractivity contribution in [3.8, 4) is 0 Å². The number of amides is 3. The van der Waals surface area contributed by atoms with Gasteiger partial charge in [-0.3, -0.25) is 4.79 Å². The molecule has 25 heavy (non-hydrogen) atoms. The van der Waals surface area contributed by atoms with Crippen LogP contribution in [0.15, 0.2) is 28.8 Å². The molecule has 0 aliphatic carbocycles. The summed E-state index contributed by atoms with van der Waals surface area (Å²) in [5, 5.41) is 9.63. The van der Waals surface area contributed by atoms with Crippen LogP contribution in [0, 0.1) is 0 Å². The minimum absolute atomic E-state index is 0.0757. The van der Waals surface area contributed by atoms with Gasteiger partial charge in [-0.25, -0.2) is 4.79 Å². The molecule has 134 valence electrons. The smallest absolute Gasteiger partial charge is 0.319 e. The number of carbonyl (C=O) groups is 2. The van der Waals surface area contributed by atoms with E-state index in [1.54, 1.807) is 25.2 Å². The molecule has 2 rings (SSSR count). The minimum Gasteiger partial charge on any atom is -0.361 e. The van der Waals surface area contributed by atoms with Crippen molar-refractivity contribution < 1.29 is 14.1 Å². The topological polar surface area (TPSA) is 87.5 Å². The van der Waals surface area contributed by atoms with Gasteiger partial charge in [0.1, 0.15) is 5.76 Å². The number of nitrogens with zero attached hydrogens (tertiary/aromatic N) is 2. The first-order valence-electron chi connectivity index (χ1n) is 8.31. The van der Waals surface area contributed by atoms with E-state index in [0.29, 0.717) is 17.9 Å². The highest BCUT2D eigenvalue weighted by molar-refractivity contribution is 5.93. The Balaban J connectivity index is 2.00. The Bertz CT molecular complexity index is 733. The van der Waals surface area contributed by atoms with E-state index < -0.39 is 0 Å². The van der Waals surface area contributed by atoms with Gasteiger partial charge in [-0.2, -0.15) is 0 Å². The number of nitrogens with one attached hydrogen (secondary N) is 2. The van der Waals surface area contributed by atoms with E-state index in [1.807, 2.05) is 19.9 Å². The van der Waals surface area contributed by atoms with Gasteiger partial charge in [-0.1, -0.05) is 25.1 Å². The maximum Gasteiger partial charge on any atom is 0.319 e. The van der Waals surface area contributed by atoms with Crippen LogP contribution >= 0.6 is 0 Å². The lowest BCUT2D eigenvalue weighted by Crippen LogP contribution is -2.29. The Labute approximate surface area is 147 Å². The number of benzene rings is 1. The lowest BCUT2D eigenvalue weighted by Gasteiger charge is -2.16. The maximum atomic E-state index is 12.2. The van der Waals surface area contributed by atoms with Gasteiger partial charge in [-0.05, 0) is 24.6 Å². The van der Waals surface area contributed by atoms with E-state index in [2.05, 4.69) is 15.8 Å². The van der Waals surface area contributed by atoms with Crippen LogP contribution in [0.3, 0.4) is 0 Å². The summed E-state index contributed by atoms with van der Waals surface area (Å²) in [5.74, 6) is 0.718. The summed E-state index contributed by atoms with van der Waals surface area (Å²) < 4.78 is 5.29. The van der Waals surface area contributed by atoms with Crippen molar-refractivity contribution in [1.29, 1.82) is 0 Å². The molecule has 3 amide bonds.